The average molecular weight is 370 g/mol. The lowest BCUT2D eigenvalue weighted by molar-refractivity contribution is 1.45. The van der Waals surface area contributed by atoms with Gasteiger partial charge in [-0.15, -0.1) is 0 Å². The Labute approximate surface area is 124 Å². The number of hydrogen-bond donors (Lipinski definition) is 2. The summed E-state index contributed by atoms with van der Waals surface area (Å²) in [5.41, 5.74) is 8.37. The van der Waals surface area contributed by atoms with Crippen LogP contribution in [0.2, 0.25) is 5.02 Å². The number of halogens is 2. The molecule has 2 rings (SSSR count). The highest BCUT2D eigenvalue weighted by Gasteiger charge is 2.05. The van der Waals surface area contributed by atoms with Crippen LogP contribution in [0, 0.1) is 14.9 Å². The number of nitrogens with zero attached hydrogens (tertiary/aromatic N) is 1. The largest absolute Gasteiger partial charge is 0.399 e. The smallest absolute Gasteiger partial charge is 0.101 e. The zero-order valence-corrected chi connectivity index (χ0v) is 12.2. The van der Waals surface area contributed by atoms with Gasteiger partial charge in [-0.25, -0.2) is 0 Å². The summed E-state index contributed by atoms with van der Waals surface area (Å²) in [7, 11) is 0. The van der Waals surface area contributed by atoms with Crippen molar-refractivity contribution in [2.45, 2.75) is 0 Å². The molecule has 0 fully saturated rings. The van der Waals surface area contributed by atoms with Gasteiger partial charge in [-0.2, -0.15) is 5.26 Å². The normalized spacial score (nSPS) is 9.83. The lowest BCUT2D eigenvalue weighted by Crippen LogP contribution is -1.97. The maximum absolute atomic E-state index is 9.07. The zero-order valence-electron chi connectivity index (χ0n) is 9.24. The molecule has 0 saturated heterocycles. The van der Waals surface area contributed by atoms with Gasteiger partial charge in [0.2, 0.25) is 0 Å². The number of anilines is 3. The van der Waals surface area contributed by atoms with Gasteiger partial charge in [0.15, 0.2) is 0 Å². The second-order valence-electron chi connectivity index (χ2n) is 3.67. The molecule has 2 aromatic carbocycles. The van der Waals surface area contributed by atoms with E-state index in [0.29, 0.717) is 16.3 Å². The van der Waals surface area contributed by atoms with E-state index in [-0.39, 0.29) is 0 Å². The van der Waals surface area contributed by atoms with E-state index in [9.17, 15) is 0 Å². The number of rotatable bonds is 2. The summed E-state index contributed by atoms with van der Waals surface area (Å²) in [6, 6.07) is 12.8. The highest BCUT2D eigenvalue weighted by molar-refractivity contribution is 14.1. The van der Waals surface area contributed by atoms with Gasteiger partial charge in [0, 0.05) is 14.3 Å². The molecule has 3 N–H and O–H groups in total. The fraction of sp³-hybridized carbons (Fsp3) is 0. The third-order valence-corrected chi connectivity index (χ3v) is 3.49. The van der Waals surface area contributed by atoms with Crippen LogP contribution in [0.4, 0.5) is 17.1 Å². The molecule has 0 radical (unpaired) electrons. The Morgan fingerprint density at radius 3 is 2.56 bits per heavy atom. The lowest BCUT2D eigenvalue weighted by Gasteiger charge is -2.10. The summed E-state index contributed by atoms with van der Waals surface area (Å²) in [4.78, 5) is 0. The fourth-order valence-corrected chi connectivity index (χ4v) is 2.51. The summed E-state index contributed by atoms with van der Waals surface area (Å²) in [6.07, 6.45) is 0. The first-order valence-corrected chi connectivity index (χ1v) is 6.57. The van der Waals surface area contributed by atoms with E-state index in [1.54, 1.807) is 24.3 Å². The molecule has 0 heterocycles. The molecule has 0 aliphatic heterocycles. The molecule has 2 aromatic rings. The number of nitrogen functional groups attached to an aromatic ring is 1. The quantitative estimate of drug-likeness (QED) is 0.618. The third-order valence-electron chi connectivity index (χ3n) is 2.36. The van der Waals surface area contributed by atoms with Crippen LogP contribution in [-0.2, 0) is 0 Å². The standard InChI is InChI=1S/C13H9ClIN3/c14-9-1-3-13(11(15)6-9)18-12-4-2-10(17)5-8(12)7-16/h1-6,18H,17H2. The Bertz CT molecular complexity index is 635. The molecule has 90 valence electrons. The van der Waals surface area contributed by atoms with Gasteiger partial charge >= 0.3 is 0 Å². The second kappa shape index (κ2) is 5.46. The molecule has 0 atom stereocenters. The maximum Gasteiger partial charge on any atom is 0.101 e. The Morgan fingerprint density at radius 2 is 1.89 bits per heavy atom. The van der Waals surface area contributed by atoms with Gasteiger partial charge < -0.3 is 11.1 Å². The first kappa shape index (κ1) is 13.0. The Balaban J connectivity index is 2.37. The molecule has 0 spiro atoms. The van der Waals surface area contributed by atoms with Crippen molar-refractivity contribution in [2.24, 2.45) is 0 Å². The predicted molar refractivity (Wildman–Crippen MR) is 83.0 cm³/mol. The van der Waals surface area contributed by atoms with Crippen molar-refractivity contribution >= 4 is 51.3 Å². The van der Waals surface area contributed by atoms with Gasteiger partial charge in [-0.3, -0.25) is 0 Å². The van der Waals surface area contributed by atoms with Gasteiger partial charge in [0.25, 0.3) is 0 Å². The predicted octanol–water partition coefficient (Wildman–Crippen LogP) is 4.14. The molecular weight excluding hydrogens is 361 g/mol. The number of nitrogens with one attached hydrogen (secondary N) is 1. The molecule has 18 heavy (non-hydrogen) atoms. The van der Waals surface area contributed by atoms with E-state index < -0.39 is 0 Å². The van der Waals surface area contributed by atoms with Crippen LogP contribution in [0.15, 0.2) is 36.4 Å². The molecule has 0 aromatic heterocycles. The topological polar surface area (TPSA) is 61.8 Å². The molecule has 0 bridgehead atoms. The van der Waals surface area contributed by atoms with Crippen molar-refractivity contribution in [3.63, 3.8) is 0 Å². The van der Waals surface area contributed by atoms with Gasteiger partial charge in [0.05, 0.1) is 16.9 Å². The van der Waals surface area contributed by atoms with Crippen LogP contribution < -0.4 is 11.1 Å². The van der Waals surface area contributed by atoms with Gasteiger partial charge in [0.1, 0.15) is 6.07 Å². The number of benzene rings is 2. The van der Waals surface area contributed by atoms with E-state index in [4.69, 9.17) is 22.6 Å². The number of hydrogen-bond acceptors (Lipinski definition) is 3. The Kier molecular flexibility index (Phi) is 3.94. The van der Waals surface area contributed by atoms with Crippen molar-refractivity contribution < 1.29 is 0 Å². The summed E-state index contributed by atoms with van der Waals surface area (Å²) in [6.45, 7) is 0. The van der Waals surface area contributed by atoms with Gasteiger partial charge in [-0.05, 0) is 59.0 Å². The van der Waals surface area contributed by atoms with Gasteiger partial charge in [-0.1, -0.05) is 11.6 Å². The van der Waals surface area contributed by atoms with E-state index in [1.807, 2.05) is 12.1 Å². The SMILES string of the molecule is N#Cc1cc(N)ccc1Nc1ccc(Cl)cc1I. The molecule has 0 amide bonds. The van der Waals surface area contributed by atoms with E-state index in [1.165, 1.54) is 0 Å². The maximum atomic E-state index is 9.07. The average Bonchev–Trinajstić information content (AvgIpc) is 2.34. The minimum absolute atomic E-state index is 0.515. The van der Waals surface area contributed by atoms with Crippen molar-refractivity contribution in [1.29, 1.82) is 5.26 Å². The monoisotopic (exact) mass is 369 g/mol. The highest BCUT2D eigenvalue weighted by atomic mass is 127. The Hall–Kier alpha value is -1.45. The summed E-state index contributed by atoms with van der Waals surface area (Å²) >= 11 is 8.09. The van der Waals surface area contributed by atoms with Crippen molar-refractivity contribution in [2.75, 3.05) is 11.1 Å². The number of nitriles is 1. The minimum atomic E-state index is 0.515. The summed E-state index contributed by atoms with van der Waals surface area (Å²) in [5, 5.41) is 13.0. The van der Waals surface area contributed by atoms with Crippen LogP contribution in [0.1, 0.15) is 5.56 Å². The molecule has 0 saturated carbocycles. The molecular formula is C13H9ClIN3. The molecule has 3 nitrogen and oxygen atoms in total. The summed E-state index contributed by atoms with van der Waals surface area (Å²) < 4.78 is 0.987. The van der Waals surface area contributed by atoms with E-state index in [2.05, 4.69) is 34.0 Å². The first-order valence-electron chi connectivity index (χ1n) is 5.12. The summed E-state index contributed by atoms with van der Waals surface area (Å²) in [5.74, 6) is 0. The van der Waals surface area contributed by atoms with Crippen molar-refractivity contribution in [3.8, 4) is 6.07 Å². The molecule has 5 heteroatoms. The van der Waals surface area contributed by atoms with Crippen molar-refractivity contribution in [3.05, 3.63) is 50.6 Å². The minimum Gasteiger partial charge on any atom is -0.399 e. The first-order chi connectivity index (χ1) is 8.60. The third kappa shape index (κ3) is 2.86. The molecule has 0 aliphatic rings. The van der Waals surface area contributed by atoms with Crippen LogP contribution in [0.3, 0.4) is 0 Å². The van der Waals surface area contributed by atoms with Crippen LogP contribution >= 0.6 is 34.2 Å². The van der Waals surface area contributed by atoms with Crippen LogP contribution in [0.5, 0.6) is 0 Å². The van der Waals surface area contributed by atoms with E-state index >= 15 is 0 Å². The zero-order chi connectivity index (χ0) is 13.1. The Morgan fingerprint density at radius 1 is 1.17 bits per heavy atom. The van der Waals surface area contributed by atoms with E-state index in [0.717, 1.165) is 14.9 Å². The molecule has 0 unspecified atom stereocenters. The van der Waals surface area contributed by atoms with Crippen molar-refractivity contribution in [1.82, 2.24) is 0 Å². The second-order valence-corrected chi connectivity index (χ2v) is 5.26. The highest BCUT2D eigenvalue weighted by Crippen LogP contribution is 2.27. The fourth-order valence-electron chi connectivity index (χ4n) is 1.50. The van der Waals surface area contributed by atoms with Crippen LogP contribution in [-0.4, -0.2) is 0 Å². The molecule has 0 aliphatic carbocycles. The van der Waals surface area contributed by atoms with Crippen LogP contribution in [0.25, 0.3) is 0 Å². The number of nitrogens with two attached hydrogens (primary N) is 1. The lowest BCUT2D eigenvalue weighted by atomic mass is 10.1.